The molecule has 4 atom stereocenters. The maximum atomic E-state index is 12.7. The predicted octanol–water partition coefficient (Wildman–Crippen LogP) is 2.97. The minimum absolute atomic E-state index is 0.0333. The van der Waals surface area contributed by atoms with Crippen molar-refractivity contribution in [3.05, 3.63) is 36.0 Å². The minimum atomic E-state index is -1.33. The third-order valence-corrected chi connectivity index (χ3v) is 5.59. The van der Waals surface area contributed by atoms with Crippen LogP contribution in [0.1, 0.15) is 52.0 Å². The molecule has 1 aliphatic rings. The lowest BCUT2D eigenvalue weighted by molar-refractivity contribution is -0.275. The fourth-order valence-corrected chi connectivity index (χ4v) is 3.70. The van der Waals surface area contributed by atoms with E-state index in [1.54, 1.807) is 20.8 Å². The minimum Gasteiger partial charge on any atom is -0.456 e. The molecule has 0 amide bonds. The lowest BCUT2D eigenvalue weighted by Crippen LogP contribution is -2.58. The summed E-state index contributed by atoms with van der Waals surface area (Å²) in [4.78, 5) is 52.0. The second kappa shape index (κ2) is 12.3. The van der Waals surface area contributed by atoms with Gasteiger partial charge in [0.05, 0.1) is 6.61 Å². The van der Waals surface area contributed by atoms with E-state index in [0.717, 1.165) is 16.5 Å². The van der Waals surface area contributed by atoms with Crippen molar-refractivity contribution < 1.29 is 42.9 Å². The highest BCUT2D eigenvalue weighted by Crippen LogP contribution is 2.27. The number of benzene rings is 1. The number of aromatic nitrogens is 1. The molecule has 1 N–H and O–H groups in total. The quantitative estimate of drug-likeness (QED) is 0.395. The van der Waals surface area contributed by atoms with Gasteiger partial charge in [0.2, 0.25) is 12.4 Å². The van der Waals surface area contributed by atoms with E-state index in [4.69, 9.17) is 23.7 Å². The van der Waals surface area contributed by atoms with Crippen LogP contribution in [0.3, 0.4) is 0 Å². The third-order valence-electron chi connectivity index (χ3n) is 5.59. The van der Waals surface area contributed by atoms with Gasteiger partial charge in [0.1, 0.15) is 0 Å². The molecule has 10 heteroatoms. The Morgan fingerprint density at radius 1 is 0.857 bits per heavy atom. The molecule has 3 rings (SSSR count). The zero-order valence-corrected chi connectivity index (χ0v) is 20.1. The Morgan fingerprint density at radius 2 is 1.49 bits per heavy atom. The van der Waals surface area contributed by atoms with Crippen molar-refractivity contribution in [3.63, 3.8) is 0 Å². The molecular weight excluding hydrogens is 458 g/mol. The molecule has 0 radical (unpaired) electrons. The Balaban J connectivity index is 1.73. The summed E-state index contributed by atoms with van der Waals surface area (Å²) in [6, 6.07) is 7.74. The summed E-state index contributed by atoms with van der Waals surface area (Å²) in [5.74, 6) is -2.32. The first-order chi connectivity index (χ1) is 16.9. The summed E-state index contributed by atoms with van der Waals surface area (Å²) in [7, 11) is 0. The van der Waals surface area contributed by atoms with E-state index in [1.165, 1.54) is 0 Å². The number of nitrogens with one attached hydrogen (secondary N) is 1. The van der Waals surface area contributed by atoms with Crippen LogP contribution in [0.15, 0.2) is 30.5 Å². The maximum Gasteiger partial charge on any atom is 0.308 e. The largest absolute Gasteiger partial charge is 0.456 e. The van der Waals surface area contributed by atoms with Gasteiger partial charge in [-0.15, -0.1) is 0 Å². The number of carbonyl (C=O) groups is 4. The second-order valence-corrected chi connectivity index (χ2v) is 8.05. The average molecular weight is 490 g/mol. The van der Waals surface area contributed by atoms with Gasteiger partial charge in [0, 0.05) is 42.8 Å². The number of H-pyrrole nitrogens is 1. The van der Waals surface area contributed by atoms with Gasteiger partial charge in [0.25, 0.3) is 0 Å². The van der Waals surface area contributed by atoms with Crippen LogP contribution in [0.5, 0.6) is 0 Å². The molecule has 0 bridgehead atoms. The van der Waals surface area contributed by atoms with Crippen LogP contribution in [0.2, 0.25) is 0 Å². The second-order valence-electron chi connectivity index (χ2n) is 8.05. The van der Waals surface area contributed by atoms with Gasteiger partial charge in [-0.25, -0.2) is 0 Å². The maximum absolute atomic E-state index is 12.7. The molecule has 1 fully saturated rings. The van der Waals surface area contributed by atoms with Crippen molar-refractivity contribution in [2.45, 2.75) is 77.5 Å². The zero-order chi connectivity index (χ0) is 25.4. The fourth-order valence-electron chi connectivity index (χ4n) is 3.70. The van der Waals surface area contributed by atoms with Crippen molar-refractivity contribution >= 4 is 34.8 Å². The fraction of sp³-hybridized carbons (Fsp3) is 0.520. The van der Waals surface area contributed by atoms with E-state index in [0.29, 0.717) is 6.42 Å². The first kappa shape index (κ1) is 26.2. The molecular formula is C25H31NO9. The number of carbonyl (C=O) groups excluding carboxylic acids is 4. The first-order valence-corrected chi connectivity index (χ1v) is 11.8. The molecule has 1 aromatic heterocycles. The number of para-hydroxylation sites is 1. The molecule has 35 heavy (non-hydrogen) atoms. The highest BCUT2D eigenvalue weighted by molar-refractivity contribution is 5.83. The Labute approximate surface area is 203 Å². The molecule has 2 aromatic rings. The zero-order valence-electron chi connectivity index (χ0n) is 20.1. The van der Waals surface area contributed by atoms with E-state index in [-0.39, 0.29) is 32.3 Å². The van der Waals surface area contributed by atoms with Crippen molar-refractivity contribution in [1.29, 1.82) is 0 Å². The van der Waals surface area contributed by atoms with Crippen LogP contribution in [-0.4, -0.2) is 60.1 Å². The Kier molecular flexibility index (Phi) is 9.25. The SMILES string of the molecule is CCC(=O)O[C@H]1[C@@H](OC(=O)CC)COC(OC(=O)CCc2c[nH]c3ccccc23)[C@@H]1OC(=O)CC. The Morgan fingerprint density at radius 3 is 2.17 bits per heavy atom. The number of hydrogen-bond donors (Lipinski definition) is 1. The van der Waals surface area contributed by atoms with Crippen LogP contribution in [0.25, 0.3) is 10.9 Å². The lowest BCUT2D eigenvalue weighted by atomic mass is 10.0. The highest BCUT2D eigenvalue weighted by atomic mass is 16.7. The Hall–Kier alpha value is -3.40. The lowest BCUT2D eigenvalue weighted by Gasteiger charge is -2.40. The van der Waals surface area contributed by atoms with Crippen molar-refractivity contribution in [2.75, 3.05) is 6.61 Å². The molecule has 0 spiro atoms. The van der Waals surface area contributed by atoms with E-state index in [9.17, 15) is 19.2 Å². The third kappa shape index (κ3) is 6.82. The van der Waals surface area contributed by atoms with Gasteiger partial charge < -0.3 is 28.7 Å². The smallest absolute Gasteiger partial charge is 0.308 e. The molecule has 1 aromatic carbocycles. The molecule has 0 saturated carbocycles. The number of aryl methyl sites for hydroxylation is 1. The van der Waals surface area contributed by atoms with E-state index in [2.05, 4.69) is 4.98 Å². The standard InChI is InChI=1S/C25H31NO9/c1-4-19(27)32-18-14-31-25(24(34-21(29)6-3)23(18)33-20(28)5-2)35-22(30)12-11-15-13-26-17-10-8-7-9-16(15)17/h7-10,13,18,23-26H,4-6,11-12,14H2,1-3H3/t18-,23-,24+,25?/m0/s1. The van der Waals surface area contributed by atoms with E-state index < -0.39 is 48.5 Å². The van der Waals surface area contributed by atoms with Gasteiger partial charge in [0.15, 0.2) is 12.2 Å². The summed E-state index contributed by atoms with van der Waals surface area (Å²) in [6.45, 7) is 4.61. The van der Waals surface area contributed by atoms with E-state index in [1.807, 2.05) is 30.5 Å². The number of fused-ring (bicyclic) bond motifs is 1. The van der Waals surface area contributed by atoms with Crippen molar-refractivity contribution in [3.8, 4) is 0 Å². The van der Waals surface area contributed by atoms with Crippen LogP contribution < -0.4 is 0 Å². The summed E-state index contributed by atoms with van der Waals surface area (Å²) >= 11 is 0. The normalized spacial score (nSPS) is 21.8. The van der Waals surface area contributed by atoms with Gasteiger partial charge in [-0.1, -0.05) is 39.0 Å². The molecule has 1 saturated heterocycles. The number of hydrogen-bond acceptors (Lipinski definition) is 9. The van der Waals surface area contributed by atoms with Crippen LogP contribution in [-0.2, 0) is 49.3 Å². The monoisotopic (exact) mass is 489 g/mol. The first-order valence-electron chi connectivity index (χ1n) is 11.8. The Bertz CT molecular complexity index is 1050. The summed E-state index contributed by atoms with van der Waals surface area (Å²) < 4.78 is 27.4. The molecule has 190 valence electrons. The number of aromatic amines is 1. The van der Waals surface area contributed by atoms with E-state index >= 15 is 0 Å². The summed E-state index contributed by atoms with van der Waals surface area (Å²) in [6.07, 6.45) is -2.34. The number of ether oxygens (including phenoxy) is 5. The highest BCUT2D eigenvalue weighted by Gasteiger charge is 2.49. The molecule has 10 nitrogen and oxygen atoms in total. The van der Waals surface area contributed by atoms with Gasteiger partial charge in [-0.3, -0.25) is 19.2 Å². The van der Waals surface area contributed by atoms with Crippen LogP contribution in [0.4, 0.5) is 0 Å². The van der Waals surface area contributed by atoms with Crippen LogP contribution in [0, 0.1) is 0 Å². The molecule has 1 unspecified atom stereocenters. The molecule has 1 aliphatic heterocycles. The number of rotatable bonds is 10. The van der Waals surface area contributed by atoms with Gasteiger partial charge >= 0.3 is 23.9 Å². The van der Waals surface area contributed by atoms with Crippen molar-refractivity contribution in [1.82, 2.24) is 4.98 Å². The van der Waals surface area contributed by atoms with Gasteiger partial charge in [-0.05, 0) is 18.1 Å². The average Bonchev–Trinajstić information content (AvgIpc) is 3.28. The van der Waals surface area contributed by atoms with Crippen molar-refractivity contribution in [2.24, 2.45) is 0 Å². The van der Waals surface area contributed by atoms with Crippen LogP contribution >= 0.6 is 0 Å². The molecule has 0 aliphatic carbocycles. The number of esters is 4. The molecule has 2 heterocycles. The topological polar surface area (TPSA) is 130 Å². The van der Waals surface area contributed by atoms with Gasteiger partial charge in [-0.2, -0.15) is 0 Å². The predicted molar refractivity (Wildman–Crippen MR) is 123 cm³/mol. The summed E-state index contributed by atoms with van der Waals surface area (Å²) in [5, 5.41) is 1.01. The summed E-state index contributed by atoms with van der Waals surface area (Å²) in [5.41, 5.74) is 1.92.